The van der Waals surface area contributed by atoms with Crippen LogP contribution >= 0.6 is 0 Å². The molecular weight excluding hydrogens is 316 g/mol. The van der Waals surface area contributed by atoms with Crippen molar-refractivity contribution in [2.24, 2.45) is 10.7 Å². The highest BCUT2D eigenvalue weighted by atomic mass is 19.3. The second-order valence-electron chi connectivity index (χ2n) is 4.86. The Morgan fingerprint density at radius 1 is 1.17 bits per heavy atom. The number of hydrogen-bond acceptors (Lipinski definition) is 3. The van der Waals surface area contributed by atoms with Crippen molar-refractivity contribution in [1.29, 1.82) is 0 Å². The zero-order valence-corrected chi connectivity index (χ0v) is 13.2. The molecule has 0 aliphatic carbocycles. The van der Waals surface area contributed by atoms with Crippen molar-refractivity contribution >= 4 is 11.6 Å². The molecule has 0 aromatic heterocycles. The highest BCUT2D eigenvalue weighted by molar-refractivity contribution is 5.92. The van der Waals surface area contributed by atoms with Gasteiger partial charge in [0.1, 0.15) is 11.5 Å². The second-order valence-corrected chi connectivity index (χ2v) is 4.86. The molecule has 24 heavy (non-hydrogen) atoms. The lowest BCUT2D eigenvalue weighted by atomic mass is 10.1. The topological polar surface area (TPSA) is 68.9 Å². The molecule has 2 rings (SSSR count). The Hall–Kier alpha value is -2.83. The summed E-state index contributed by atoms with van der Waals surface area (Å²) < 4.78 is 34.3. The van der Waals surface area contributed by atoms with E-state index in [1.54, 1.807) is 37.4 Å². The minimum atomic E-state index is -2.85. The number of benzene rings is 2. The predicted molar refractivity (Wildman–Crippen MR) is 89.9 cm³/mol. The maximum absolute atomic E-state index is 12.4. The molecule has 5 nitrogen and oxygen atoms in total. The minimum Gasteiger partial charge on any atom is -0.497 e. The van der Waals surface area contributed by atoms with Gasteiger partial charge in [0.2, 0.25) is 0 Å². The van der Waals surface area contributed by atoms with Crippen molar-refractivity contribution in [2.45, 2.75) is 13.0 Å². The largest absolute Gasteiger partial charge is 0.497 e. The number of rotatable bonds is 7. The van der Waals surface area contributed by atoms with E-state index in [2.05, 4.69) is 15.0 Å². The second kappa shape index (κ2) is 8.71. The van der Waals surface area contributed by atoms with Crippen LogP contribution in [0.5, 0.6) is 11.5 Å². The van der Waals surface area contributed by atoms with Gasteiger partial charge in [-0.1, -0.05) is 18.2 Å². The molecule has 3 N–H and O–H groups in total. The lowest BCUT2D eigenvalue weighted by Gasteiger charge is -2.10. The monoisotopic (exact) mass is 335 g/mol. The average molecular weight is 335 g/mol. The normalized spacial score (nSPS) is 11.4. The molecule has 0 heterocycles. The number of halogens is 2. The van der Waals surface area contributed by atoms with Crippen molar-refractivity contribution < 1.29 is 18.3 Å². The van der Waals surface area contributed by atoms with Gasteiger partial charge in [-0.25, -0.2) is 0 Å². The number of hydrogen-bond donors (Lipinski definition) is 2. The van der Waals surface area contributed by atoms with Crippen LogP contribution in [0.25, 0.3) is 0 Å². The van der Waals surface area contributed by atoms with E-state index in [0.717, 1.165) is 11.4 Å². The third-order valence-corrected chi connectivity index (χ3v) is 3.21. The molecule has 0 unspecified atom stereocenters. The minimum absolute atomic E-state index is 0.157. The van der Waals surface area contributed by atoms with Gasteiger partial charge in [0, 0.05) is 12.2 Å². The summed E-state index contributed by atoms with van der Waals surface area (Å²) in [6, 6.07) is 13.9. The molecule has 0 saturated carbocycles. The van der Waals surface area contributed by atoms with Crippen LogP contribution in [0.2, 0.25) is 0 Å². The van der Waals surface area contributed by atoms with E-state index in [1.165, 1.54) is 6.07 Å². The Balaban J connectivity index is 1.91. The molecule has 0 aliphatic heterocycles. The molecule has 128 valence electrons. The molecule has 0 bridgehead atoms. The smallest absolute Gasteiger partial charge is 0.387 e. The number of para-hydroxylation sites is 1. The number of nitrogens with two attached hydrogens (primary N) is 1. The fourth-order valence-corrected chi connectivity index (χ4v) is 2.08. The number of guanidine groups is 1. The van der Waals surface area contributed by atoms with Crippen LogP contribution in [0.4, 0.5) is 14.5 Å². The first-order valence-electron chi connectivity index (χ1n) is 7.32. The maximum atomic E-state index is 12.4. The number of nitrogens with zero attached hydrogens (tertiary/aromatic N) is 1. The van der Waals surface area contributed by atoms with Crippen molar-refractivity contribution in [3.8, 4) is 11.5 Å². The number of alkyl halides is 2. The standard InChI is InChI=1S/C17H19F2N3O2/c1-23-14-8-6-13(7-9-14)22-17(20)21-11-10-12-4-2-3-5-15(12)24-16(18)19/h2-9,16H,10-11H2,1H3,(H3,20,21,22). The van der Waals surface area contributed by atoms with E-state index in [0.29, 0.717) is 18.5 Å². The Morgan fingerprint density at radius 2 is 1.88 bits per heavy atom. The van der Waals surface area contributed by atoms with Crippen molar-refractivity contribution in [2.75, 3.05) is 19.0 Å². The van der Waals surface area contributed by atoms with Gasteiger partial charge in [-0.3, -0.25) is 4.99 Å². The van der Waals surface area contributed by atoms with E-state index in [9.17, 15) is 8.78 Å². The number of nitrogens with one attached hydrogen (secondary N) is 1. The molecular formula is C17H19F2N3O2. The number of aliphatic imine (C=N–C) groups is 1. The van der Waals surface area contributed by atoms with Gasteiger partial charge in [-0.2, -0.15) is 8.78 Å². The van der Waals surface area contributed by atoms with Crippen molar-refractivity contribution in [3.05, 3.63) is 54.1 Å². The molecule has 0 amide bonds. The zero-order valence-electron chi connectivity index (χ0n) is 13.2. The number of ether oxygens (including phenoxy) is 2. The van der Waals surface area contributed by atoms with Crippen LogP contribution in [-0.4, -0.2) is 26.2 Å². The summed E-state index contributed by atoms with van der Waals surface area (Å²) in [6.45, 7) is -2.50. The van der Waals surface area contributed by atoms with E-state index < -0.39 is 6.61 Å². The number of anilines is 1. The Kier molecular flexibility index (Phi) is 6.36. The fraction of sp³-hybridized carbons (Fsp3) is 0.235. The zero-order chi connectivity index (χ0) is 17.4. The summed E-state index contributed by atoms with van der Waals surface area (Å²) in [4.78, 5) is 4.19. The van der Waals surface area contributed by atoms with Crippen molar-refractivity contribution in [3.63, 3.8) is 0 Å². The van der Waals surface area contributed by atoms with Gasteiger partial charge in [-0.15, -0.1) is 0 Å². The van der Waals surface area contributed by atoms with Gasteiger partial charge in [0.15, 0.2) is 5.96 Å². The Morgan fingerprint density at radius 3 is 2.54 bits per heavy atom. The summed E-state index contributed by atoms with van der Waals surface area (Å²) in [5, 5.41) is 2.95. The first-order valence-corrected chi connectivity index (χ1v) is 7.32. The summed E-state index contributed by atoms with van der Waals surface area (Å²) in [5.74, 6) is 1.14. The number of methoxy groups -OCH3 is 1. The first-order chi connectivity index (χ1) is 11.6. The van der Waals surface area contributed by atoms with Crippen LogP contribution < -0.4 is 20.5 Å². The van der Waals surface area contributed by atoms with E-state index in [4.69, 9.17) is 10.5 Å². The molecule has 0 aliphatic rings. The summed E-state index contributed by atoms with van der Waals surface area (Å²) in [6.07, 6.45) is 0.438. The van der Waals surface area contributed by atoms with Crippen LogP contribution in [-0.2, 0) is 6.42 Å². The van der Waals surface area contributed by atoms with Gasteiger partial charge < -0.3 is 20.5 Å². The predicted octanol–water partition coefficient (Wildman–Crippen LogP) is 3.27. The molecule has 0 atom stereocenters. The van der Waals surface area contributed by atoms with Gasteiger partial charge in [0.05, 0.1) is 7.11 Å². The lowest BCUT2D eigenvalue weighted by Crippen LogP contribution is -2.23. The average Bonchev–Trinajstić information content (AvgIpc) is 2.56. The van der Waals surface area contributed by atoms with Gasteiger partial charge in [0.25, 0.3) is 0 Å². The third kappa shape index (κ3) is 5.42. The molecule has 0 fully saturated rings. The van der Waals surface area contributed by atoms with Gasteiger partial charge >= 0.3 is 6.61 Å². The Labute approximate surface area is 139 Å². The summed E-state index contributed by atoms with van der Waals surface area (Å²) >= 11 is 0. The quantitative estimate of drug-likeness (QED) is 0.602. The van der Waals surface area contributed by atoms with E-state index in [-0.39, 0.29) is 11.7 Å². The molecule has 0 spiro atoms. The highest BCUT2D eigenvalue weighted by Gasteiger charge is 2.08. The molecule has 0 radical (unpaired) electrons. The van der Waals surface area contributed by atoms with E-state index in [1.807, 2.05) is 12.1 Å². The molecule has 2 aromatic carbocycles. The van der Waals surface area contributed by atoms with Crippen LogP contribution in [0, 0.1) is 0 Å². The van der Waals surface area contributed by atoms with Crippen LogP contribution in [0.1, 0.15) is 5.56 Å². The first kappa shape index (κ1) is 17.5. The summed E-state index contributed by atoms with van der Waals surface area (Å²) in [7, 11) is 1.59. The fourth-order valence-electron chi connectivity index (χ4n) is 2.08. The third-order valence-electron chi connectivity index (χ3n) is 3.21. The molecule has 2 aromatic rings. The Bertz CT molecular complexity index is 676. The molecule has 0 saturated heterocycles. The summed E-state index contributed by atoms with van der Waals surface area (Å²) in [5.41, 5.74) is 7.24. The van der Waals surface area contributed by atoms with Crippen LogP contribution in [0.15, 0.2) is 53.5 Å². The molecule has 7 heteroatoms. The highest BCUT2D eigenvalue weighted by Crippen LogP contribution is 2.20. The SMILES string of the molecule is COc1ccc(NC(N)=NCCc2ccccc2OC(F)F)cc1. The van der Waals surface area contributed by atoms with Crippen LogP contribution in [0.3, 0.4) is 0 Å². The van der Waals surface area contributed by atoms with E-state index >= 15 is 0 Å². The van der Waals surface area contributed by atoms with Crippen molar-refractivity contribution in [1.82, 2.24) is 0 Å². The van der Waals surface area contributed by atoms with Gasteiger partial charge in [-0.05, 0) is 42.3 Å². The maximum Gasteiger partial charge on any atom is 0.387 e. The lowest BCUT2D eigenvalue weighted by molar-refractivity contribution is -0.0504.